The summed E-state index contributed by atoms with van der Waals surface area (Å²) in [5.41, 5.74) is 0.670. The van der Waals surface area contributed by atoms with Crippen molar-refractivity contribution in [3.05, 3.63) is 28.3 Å². The highest BCUT2D eigenvalue weighted by molar-refractivity contribution is 5.58. The van der Waals surface area contributed by atoms with Crippen LogP contribution in [0, 0.1) is 16.0 Å². The van der Waals surface area contributed by atoms with Crippen molar-refractivity contribution in [3.8, 4) is 5.75 Å². The summed E-state index contributed by atoms with van der Waals surface area (Å²) in [6.07, 6.45) is 1.80. The summed E-state index contributed by atoms with van der Waals surface area (Å²) in [6, 6.07) is 4.64. The van der Waals surface area contributed by atoms with Crippen LogP contribution >= 0.6 is 0 Å². The molecule has 0 spiro atoms. The predicted octanol–water partition coefficient (Wildman–Crippen LogP) is 2.18. The first-order chi connectivity index (χ1) is 9.11. The highest BCUT2D eigenvalue weighted by Crippen LogP contribution is 2.33. The van der Waals surface area contributed by atoms with Crippen molar-refractivity contribution >= 4 is 11.4 Å². The molecule has 0 heterocycles. The topological polar surface area (TPSA) is 84.6 Å². The number of nitro benzene ring substituents is 1. The Morgan fingerprint density at radius 2 is 2.32 bits per heavy atom. The minimum Gasteiger partial charge on any atom is -0.487 e. The van der Waals surface area contributed by atoms with E-state index in [0.29, 0.717) is 24.8 Å². The molecule has 1 saturated carbocycles. The number of ether oxygens (including phenoxy) is 1. The zero-order chi connectivity index (χ0) is 13.8. The second-order valence-corrected chi connectivity index (χ2v) is 4.66. The van der Waals surface area contributed by atoms with Crippen LogP contribution in [0.4, 0.5) is 11.4 Å². The third kappa shape index (κ3) is 3.57. The van der Waals surface area contributed by atoms with Crippen LogP contribution < -0.4 is 10.1 Å². The molecule has 1 aliphatic carbocycles. The average Bonchev–Trinajstić information content (AvgIpc) is 3.20. The molecule has 0 radical (unpaired) electrons. The SMILES string of the molecule is CCOc1cc(NCC(O)C2CC2)ccc1[N+](=O)[O-]. The van der Waals surface area contributed by atoms with Gasteiger partial charge in [0.1, 0.15) is 0 Å². The molecule has 0 aromatic heterocycles. The second-order valence-electron chi connectivity index (χ2n) is 4.66. The fourth-order valence-corrected chi connectivity index (χ4v) is 1.92. The Balaban J connectivity index is 2.03. The van der Waals surface area contributed by atoms with Gasteiger partial charge in [-0.2, -0.15) is 0 Å². The first kappa shape index (κ1) is 13.6. The lowest BCUT2D eigenvalue weighted by molar-refractivity contribution is -0.385. The van der Waals surface area contributed by atoms with E-state index in [2.05, 4.69) is 5.32 Å². The predicted molar refractivity (Wildman–Crippen MR) is 71.5 cm³/mol. The van der Waals surface area contributed by atoms with Gasteiger partial charge in [-0.25, -0.2) is 0 Å². The molecule has 6 nitrogen and oxygen atoms in total. The maximum Gasteiger partial charge on any atom is 0.311 e. The Morgan fingerprint density at radius 3 is 2.89 bits per heavy atom. The van der Waals surface area contributed by atoms with Crippen molar-refractivity contribution in [1.82, 2.24) is 0 Å². The van der Waals surface area contributed by atoms with Crippen LogP contribution in [0.25, 0.3) is 0 Å². The lowest BCUT2D eigenvalue weighted by Gasteiger charge is -2.13. The van der Waals surface area contributed by atoms with Crippen molar-refractivity contribution in [2.75, 3.05) is 18.5 Å². The van der Waals surface area contributed by atoms with Crippen molar-refractivity contribution in [2.24, 2.45) is 5.92 Å². The number of hydrogen-bond donors (Lipinski definition) is 2. The number of aliphatic hydroxyl groups is 1. The monoisotopic (exact) mass is 266 g/mol. The molecule has 1 fully saturated rings. The minimum absolute atomic E-state index is 0.0462. The van der Waals surface area contributed by atoms with Crippen molar-refractivity contribution in [2.45, 2.75) is 25.9 Å². The van der Waals surface area contributed by atoms with E-state index in [4.69, 9.17) is 4.74 Å². The first-order valence-corrected chi connectivity index (χ1v) is 6.45. The van der Waals surface area contributed by atoms with Gasteiger partial charge in [-0.1, -0.05) is 0 Å². The molecule has 19 heavy (non-hydrogen) atoms. The van der Waals surface area contributed by atoms with Gasteiger partial charge in [0.05, 0.1) is 17.6 Å². The van der Waals surface area contributed by atoms with Crippen molar-refractivity contribution in [3.63, 3.8) is 0 Å². The quantitative estimate of drug-likeness (QED) is 0.583. The Hall–Kier alpha value is -1.82. The number of benzene rings is 1. The van der Waals surface area contributed by atoms with Gasteiger partial charge < -0.3 is 15.2 Å². The van der Waals surface area contributed by atoms with Gasteiger partial charge in [-0.15, -0.1) is 0 Å². The second kappa shape index (κ2) is 5.88. The van der Waals surface area contributed by atoms with Gasteiger partial charge in [0, 0.05) is 24.4 Å². The highest BCUT2D eigenvalue weighted by Gasteiger charge is 2.29. The molecule has 0 amide bonds. The lowest BCUT2D eigenvalue weighted by atomic mass is 10.2. The van der Waals surface area contributed by atoms with Gasteiger partial charge in [0.25, 0.3) is 0 Å². The summed E-state index contributed by atoms with van der Waals surface area (Å²) in [5.74, 6) is 0.648. The molecule has 1 aromatic carbocycles. The Morgan fingerprint density at radius 1 is 1.58 bits per heavy atom. The summed E-state index contributed by atoms with van der Waals surface area (Å²) >= 11 is 0. The molecule has 0 bridgehead atoms. The number of nitrogens with zero attached hydrogens (tertiary/aromatic N) is 1. The molecule has 1 aromatic rings. The molecule has 1 aliphatic rings. The molecule has 0 saturated heterocycles. The first-order valence-electron chi connectivity index (χ1n) is 6.45. The number of hydrogen-bond acceptors (Lipinski definition) is 5. The van der Waals surface area contributed by atoms with E-state index >= 15 is 0 Å². The van der Waals surface area contributed by atoms with Gasteiger partial charge in [-0.05, 0) is 31.7 Å². The molecular formula is C13H18N2O4. The summed E-state index contributed by atoms with van der Waals surface area (Å²) in [4.78, 5) is 10.4. The third-order valence-corrected chi connectivity index (χ3v) is 3.14. The van der Waals surface area contributed by atoms with Crippen LogP contribution in [0.15, 0.2) is 18.2 Å². The maximum atomic E-state index is 10.8. The molecule has 104 valence electrons. The van der Waals surface area contributed by atoms with E-state index in [1.165, 1.54) is 6.07 Å². The molecule has 2 rings (SSSR count). The number of anilines is 1. The summed E-state index contributed by atoms with van der Waals surface area (Å²) in [7, 11) is 0. The Kier molecular flexibility index (Phi) is 4.21. The van der Waals surface area contributed by atoms with E-state index in [0.717, 1.165) is 12.8 Å². The van der Waals surface area contributed by atoms with Crippen molar-refractivity contribution < 1.29 is 14.8 Å². The fourth-order valence-electron chi connectivity index (χ4n) is 1.92. The van der Waals surface area contributed by atoms with Crippen LogP contribution in [0.5, 0.6) is 5.75 Å². The van der Waals surface area contributed by atoms with Gasteiger partial charge in [-0.3, -0.25) is 10.1 Å². The van der Waals surface area contributed by atoms with Gasteiger partial charge in [0.2, 0.25) is 0 Å². The Bertz CT molecular complexity index is 460. The van der Waals surface area contributed by atoms with Crippen LogP contribution in [0.3, 0.4) is 0 Å². The standard InChI is InChI=1S/C13H18N2O4/c1-2-19-13-7-10(5-6-11(13)15(17)18)14-8-12(16)9-3-4-9/h5-7,9,12,14,16H,2-4,8H2,1H3. The van der Waals surface area contributed by atoms with Crippen LogP contribution in [-0.2, 0) is 0 Å². The molecular weight excluding hydrogens is 248 g/mol. The van der Waals surface area contributed by atoms with Gasteiger partial charge >= 0.3 is 5.69 Å². The smallest absolute Gasteiger partial charge is 0.311 e. The van der Waals surface area contributed by atoms with E-state index in [-0.39, 0.29) is 17.5 Å². The third-order valence-electron chi connectivity index (χ3n) is 3.14. The summed E-state index contributed by atoms with van der Waals surface area (Å²) in [6.45, 7) is 2.60. The number of aliphatic hydroxyl groups excluding tert-OH is 1. The van der Waals surface area contributed by atoms with Crippen LogP contribution in [0.1, 0.15) is 19.8 Å². The van der Waals surface area contributed by atoms with Crippen LogP contribution in [-0.4, -0.2) is 29.3 Å². The normalized spacial score (nSPS) is 15.9. The van der Waals surface area contributed by atoms with Gasteiger partial charge in [0.15, 0.2) is 5.75 Å². The lowest BCUT2D eigenvalue weighted by Crippen LogP contribution is -2.21. The number of nitrogens with one attached hydrogen (secondary N) is 1. The molecule has 0 aliphatic heterocycles. The Labute approximate surface area is 111 Å². The van der Waals surface area contributed by atoms with E-state index < -0.39 is 4.92 Å². The average molecular weight is 266 g/mol. The largest absolute Gasteiger partial charge is 0.487 e. The molecule has 2 N–H and O–H groups in total. The molecule has 6 heteroatoms. The van der Waals surface area contributed by atoms with Crippen molar-refractivity contribution in [1.29, 1.82) is 0 Å². The minimum atomic E-state index is -0.464. The fraction of sp³-hybridized carbons (Fsp3) is 0.538. The highest BCUT2D eigenvalue weighted by atomic mass is 16.6. The number of rotatable bonds is 7. The maximum absolute atomic E-state index is 10.8. The van der Waals surface area contributed by atoms with E-state index in [1.54, 1.807) is 19.1 Å². The molecule has 1 atom stereocenters. The zero-order valence-corrected chi connectivity index (χ0v) is 10.8. The van der Waals surface area contributed by atoms with Crippen LogP contribution in [0.2, 0.25) is 0 Å². The number of nitro groups is 1. The zero-order valence-electron chi connectivity index (χ0n) is 10.8. The summed E-state index contributed by atoms with van der Waals surface area (Å²) in [5, 5.41) is 23.7. The summed E-state index contributed by atoms with van der Waals surface area (Å²) < 4.78 is 5.26. The molecule has 1 unspecified atom stereocenters. The van der Waals surface area contributed by atoms with E-state index in [9.17, 15) is 15.2 Å². The van der Waals surface area contributed by atoms with E-state index in [1.807, 2.05) is 0 Å².